The molecule has 0 bridgehead atoms. The maximum atomic E-state index is 6.12. The van der Waals surface area contributed by atoms with Crippen LogP contribution in [0.2, 0.25) is 0 Å². The molecule has 0 spiro atoms. The summed E-state index contributed by atoms with van der Waals surface area (Å²) in [6.45, 7) is 4.45. The molecule has 4 aromatic rings. The number of unbranched alkanes of at least 4 members (excludes halogenated alkanes) is 4. The van der Waals surface area contributed by atoms with E-state index >= 15 is 0 Å². The maximum Gasteiger partial charge on any atom is 0.0385 e. The van der Waals surface area contributed by atoms with Gasteiger partial charge in [-0.1, -0.05) is 75.9 Å². The summed E-state index contributed by atoms with van der Waals surface area (Å²) in [6.07, 6.45) is 9.60. The second-order valence-electron chi connectivity index (χ2n) is 9.67. The van der Waals surface area contributed by atoms with Gasteiger partial charge in [0.05, 0.1) is 0 Å². The number of nitrogens with two attached hydrogens (primary N) is 2. The Morgan fingerprint density at radius 2 is 0.789 bits per heavy atom. The van der Waals surface area contributed by atoms with E-state index in [4.69, 9.17) is 11.5 Å². The van der Waals surface area contributed by atoms with Gasteiger partial charge in [0.25, 0.3) is 0 Å². The standard InChI is InChI=1S/C18H16N2.C16H28N2/c1-3-7-15(8-4-1)19-17-11-13-18(14-12-17)20-16-9-5-2-6-10-16;1-3-5-7-9-13-14(10-8-6-4-2)16(18)12-11-15(13)17/h1-14,19-20H;11-12H,3-10,17-18H2,1-2H3. The Hall–Kier alpha value is -3.92. The van der Waals surface area contributed by atoms with Crippen LogP contribution in [0.1, 0.15) is 63.5 Å². The number of para-hydroxylation sites is 2. The number of nitrogen functional groups attached to an aromatic ring is 2. The van der Waals surface area contributed by atoms with Gasteiger partial charge in [-0.05, 0) is 97.5 Å². The van der Waals surface area contributed by atoms with Crippen molar-refractivity contribution in [3.8, 4) is 0 Å². The summed E-state index contributed by atoms with van der Waals surface area (Å²) < 4.78 is 0. The Balaban J connectivity index is 0.000000212. The molecule has 4 aromatic carbocycles. The molecule has 200 valence electrons. The molecular weight excluding hydrogens is 464 g/mol. The fourth-order valence-electron chi connectivity index (χ4n) is 4.44. The van der Waals surface area contributed by atoms with E-state index in [0.29, 0.717) is 0 Å². The second-order valence-corrected chi connectivity index (χ2v) is 9.67. The van der Waals surface area contributed by atoms with Crippen molar-refractivity contribution in [1.82, 2.24) is 0 Å². The van der Waals surface area contributed by atoms with Gasteiger partial charge in [0.2, 0.25) is 0 Å². The van der Waals surface area contributed by atoms with Crippen LogP contribution in [0, 0.1) is 0 Å². The van der Waals surface area contributed by atoms with Crippen molar-refractivity contribution < 1.29 is 0 Å². The first-order valence-electron chi connectivity index (χ1n) is 14.0. The van der Waals surface area contributed by atoms with Gasteiger partial charge in [-0.2, -0.15) is 0 Å². The SMILES string of the molecule is CCCCCc1c(N)ccc(N)c1CCCCC.c1ccc(Nc2ccc(Nc3ccccc3)cc2)cc1. The Morgan fingerprint density at radius 3 is 1.13 bits per heavy atom. The summed E-state index contributed by atoms with van der Waals surface area (Å²) >= 11 is 0. The molecular formula is C34H44N4. The summed E-state index contributed by atoms with van der Waals surface area (Å²) in [4.78, 5) is 0. The van der Waals surface area contributed by atoms with Gasteiger partial charge in [-0.25, -0.2) is 0 Å². The van der Waals surface area contributed by atoms with E-state index in [0.717, 1.165) is 47.0 Å². The van der Waals surface area contributed by atoms with Crippen molar-refractivity contribution in [3.63, 3.8) is 0 Å². The van der Waals surface area contributed by atoms with Crippen LogP contribution in [0.15, 0.2) is 97.1 Å². The molecule has 4 rings (SSSR count). The lowest BCUT2D eigenvalue weighted by molar-refractivity contribution is 0.695. The highest BCUT2D eigenvalue weighted by atomic mass is 14.9. The van der Waals surface area contributed by atoms with Gasteiger partial charge >= 0.3 is 0 Å². The molecule has 4 nitrogen and oxygen atoms in total. The van der Waals surface area contributed by atoms with Crippen molar-refractivity contribution in [2.75, 3.05) is 22.1 Å². The van der Waals surface area contributed by atoms with Gasteiger partial charge in [-0.15, -0.1) is 0 Å². The second kappa shape index (κ2) is 16.0. The van der Waals surface area contributed by atoms with Crippen LogP contribution in [-0.4, -0.2) is 0 Å². The smallest absolute Gasteiger partial charge is 0.0385 e. The van der Waals surface area contributed by atoms with Gasteiger partial charge < -0.3 is 22.1 Å². The van der Waals surface area contributed by atoms with Crippen LogP contribution in [0.25, 0.3) is 0 Å². The van der Waals surface area contributed by atoms with Crippen molar-refractivity contribution in [2.24, 2.45) is 0 Å². The third-order valence-corrected chi connectivity index (χ3v) is 6.57. The van der Waals surface area contributed by atoms with Crippen LogP contribution < -0.4 is 22.1 Å². The van der Waals surface area contributed by atoms with Gasteiger partial charge in [0.1, 0.15) is 0 Å². The predicted octanol–water partition coefficient (Wildman–Crippen LogP) is 9.49. The molecule has 0 aliphatic rings. The Bertz CT molecular complexity index is 1090. The third-order valence-electron chi connectivity index (χ3n) is 6.57. The largest absolute Gasteiger partial charge is 0.398 e. The first-order chi connectivity index (χ1) is 18.6. The average Bonchev–Trinajstić information content (AvgIpc) is 2.95. The Morgan fingerprint density at radius 1 is 0.447 bits per heavy atom. The average molecular weight is 509 g/mol. The monoisotopic (exact) mass is 508 g/mol. The van der Waals surface area contributed by atoms with Crippen LogP contribution in [-0.2, 0) is 12.8 Å². The zero-order valence-corrected chi connectivity index (χ0v) is 23.0. The molecule has 0 aromatic heterocycles. The summed E-state index contributed by atoms with van der Waals surface area (Å²) in [6, 6.07) is 32.5. The first kappa shape index (κ1) is 28.6. The van der Waals surface area contributed by atoms with E-state index in [-0.39, 0.29) is 0 Å². The highest BCUT2D eigenvalue weighted by Gasteiger charge is 2.09. The molecule has 0 amide bonds. The number of benzene rings is 4. The molecule has 0 fully saturated rings. The predicted molar refractivity (Wildman–Crippen MR) is 168 cm³/mol. The van der Waals surface area contributed by atoms with Gasteiger partial charge in [-0.3, -0.25) is 0 Å². The lowest BCUT2D eigenvalue weighted by Crippen LogP contribution is -2.05. The van der Waals surface area contributed by atoms with Crippen LogP contribution >= 0.6 is 0 Å². The lowest BCUT2D eigenvalue weighted by Gasteiger charge is -2.15. The quantitative estimate of drug-likeness (QED) is 0.113. The van der Waals surface area contributed by atoms with E-state index in [1.807, 2.05) is 48.5 Å². The summed E-state index contributed by atoms with van der Waals surface area (Å²) in [5.74, 6) is 0. The Labute approximate surface area is 229 Å². The van der Waals surface area contributed by atoms with E-state index in [2.05, 4.69) is 73.0 Å². The Kier molecular flexibility index (Phi) is 12.1. The fraction of sp³-hybridized carbons (Fsp3) is 0.294. The van der Waals surface area contributed by atoms with Gasteiger partial charge in [0, 0.05) is 34.1 Å². The molecule has 0 aliphatic carbocycles. The highest BCUT2D eigenvalue weighted by Crippen LogP contribution is 2.27. The van der Waals surface area contributed by atoms with Crippen molar-refractivity contribution in [1.29, 1.82) is 0 Å². The molecule has 0 atom stereocenters. The summed E-state index contributed by atoms with van der Waals surface area (Å²) in [5, 5.41) is 6.73. The summed E-state index contributed by atoms with van der Waals surface area (Å²) in [7, 11) is 0. The van der Waals surface area contributed by atoms with E-state index in [1.54, 1.807) is 0 Å². The number of hydrogen-bond donors (Lipinski definition) is 4. The van der Waals surface area contributed by atoms with Gasteiger partial charge in [0.15, 0.2) is 0 Å². The number of hydrogen-bond acceptors (Lipinski definition) is 4. The first-order valence-corrected chi connectivity index (χ1v) is 14.0. The molecule has 0 radical (unpaired) electrons. The zero-order chi connectivity index (χ0) is 27.0. The van der Waals surface area contributed by atoms with Crippen LogP contribution in [0.5, 0.6) is 0 Å². The minimum atomic E-state index is 0.923. The fourth-order valence-corrected chi connectivity index (χ4v) is 4.44. The van der Waals surface area contributed by atoms with Crippen molar-refractivity contribution in [2.45, 2.75) is 65.2 Å². The van der Waals surface area contributed by atoms with E-state index < -0.39 is 0 Å². The highest BCUT2D eigenvalue weighted by molar-refractivity contribution is 5.66. The number of rotatable bonds is 12. The molecule has 0 heterocycles. The lowest BCUT2D eigenvalue weighted by atomic mass is 9.94. The minimum absolute atomic E-state index is 0.923. The normalized spacial score (nSPS) is 10.4. The minimum Gasteiger partial charge on any atom is -0.398 e. The molecule has 38 heavy (non-hydrogen) atoms. The molecule has 0 saturated carbocycles. The van der Waals surface area contributed by atoms with E-state index in [1.165, 1.54) is 49.7 Å². The van der Waals surface area contributed by atoms with Crippen molar-refractivity contribution >= 4 is 34.1 Å². The summed E-state index contributed by atoms with van der Waals surface area (Å²) in [5.41, 5.74) is 21.0. The topological polar surface area (TPSA) is 76.1 Å². The maximum absolute atomic E-state index is 6.12. The van der Waals surface area contributed by atoms with Crippen LogP contribution in [0.4, 0.5) is 34.1 Å². The molecule has 4 heteroatoms. The molecule has 0 unspecified atom stereocenters. The zero-order valence-electron chi connectivity index (χ0n) is 23.0. The third kappa shape index (κ3) is 9.51. The molecule has 6 N–H and O–H groups in total. The molecule has 0 saturated heterocycles. The molecule has 0 aliphatic heterocycles. The van der Waals surface area contributed by atoms with Crippen molar-refractivity contribution in [3.05, 3.63) is 108 Å². The number of nitrogens with one attached hydrogen (secondary N) is 2. The van der Waals surface area contributed by atoms with Crippen LogP contribution in [0.3, 0.4) is 0 Å². The number of anilines is 6. The van der Waals surface area contributed by atoms with E-state index in [9.17, 15) is 0 Å².